The summed E-state index contributed by atoms with van der Waals surface area (Å²) in [6, 6.07) is 10.4. The van der Waals surface area contributed by atoms with E-state index in [0.717, 1.165) is 6.42 Å². The van der Waals surface area contributed by atoms with E-state index in [0.29, 0.717) is 12.0 Å². The summed E-state index contributed by atoms with van der Waals surface area (Å²) >= 11 is 0. The maximum atomic E-state index is 6.09. The van der Waals surface area contributed by atoms with Crippen molar-refractivity contribution in [3.8, 4) is 0 Å². The van der Waals surface area contributed by atoms with Crippen LogP contribution in [0.2, 0.25) is 0 Å². The minimum atomic E-state index is 0.0890. The molecular weight excluding hydrogens is 200 g/mol. The predicted molar refractivity (Wildman–Crippen MR) is 64.3 cm³/mol. The smallest absolute Gasteiger partial charge is 0.109 e. The second-order valence-electron chi connectivity index (χ2n) is 4.47. The highest BCUT2D eigenvalue weighted by molar-refractivity contribution is 5.20. The predicted octanol–water partition coefficient (Wildman–Crippen LogP) is 3.19. The third-order valence-corrected chi connectivity index (χ3v) is 3.53. The van der Waals surface area contributed by atoms with Gasteiger partial charge in [-0.1, -0.05) is 44.2 Å². The highest BCUT2D eigenvalue weighted by atomic mass is 16.6. The van der Waals surface area contributed by atoms with Crippen molar-refractivity contribution >= 4 is 0 Å². The van der Waals surface area contributed by atoms with Crippen LogP contribution in [0.5, 0.6) is 0 Å². The van der Waals surface area contributed by atoms with Crippen molar-refractivity contribution in [1.82, 2.24) is 0 Å². The fourth-order valence-electron chi connectivity index (χ4n) is 2.59. The zero-order chi connectivity index (χ0) is 11.5. The molecule has 1 heterocycles. The van der Waals surface area contributed by atoms with E-state index < -0.39 is 0 Å². The van der Waals surface area contributed by atoms with E-state index in [1.54, 1.807) is 7.11 Å². The molecule has 1 aliphatic heterocycles. The molecule has 1 aromatic rings. The van der Waals surface area contributed by atoms with E-state index in [9.17, 15) is 0 Å². The van der Waals surface area contributed by atoms with Gasteiger partial charge in [0.2, 0.25) is 0 Å². The Labute approximate surface area is 97.6 Å². The van der Waals surface area contributed by atoms with Crippen molar-refractivity contribution in [1.29, 1.82) is 0 Å². The normalized spacial score (nSPS) is 34.2. The molecule has 0 aromatic heterocycles. The second kappa shape index (κ2) is 4.98. The van der Waals surface area contributed by atoms with E-state index in [4.69, 9.17) is 9.47 Å². The average Bonchev–Trinajstić information content (AvgIpc) is 2.66. The summed E-state index contributed by atoms with van der Waals surface area (Å²) in [4.78, 5) is 0. The first-order valence-electron chi connectivity index (χ1n) is 6.01. The Morgan fingerprint density at radius 1 is 1.25 bits per heavy atom. The van der Waals surface area contributed by atoms with E-state index in [-0.39, 0.29) is 12.2 Å². The molecule has 88 valence electrons. The second-order valence-corrected chi connectivity index (χ2v) is 4.47. The Hall–Kier alpha value is -0.860. The lowest BCUT2D eigenvalue weighted by molar-refractivity contribution is -0.00764. The molecule has 0 unspecified atom stereocenters. The number of hydrogen-bond acceptors (Lipinski definition) is 2. The van der Waals surface area contributed by atoms with Gasteiger partial charge >= 0.3 is 0 Å². The maximum absolute atomic E-state index is 6.09. The highest BCUT2D eigenvalue weighted by Crippen LogP contribution is 2.39. The lowest BCUT2D eigenvalue weighted by Crippen LogP contribution is -2.23. The first-order chi connectivity index (χ1) is 7.77. The largest absolute Gasteiger partial charge is 0.378 e. The fourth-order valence-corrected chi connectivity index (χ4v) is 2.59. The maximum Gasteiger partial charge on any atom is 0.109 e. The molecule has 0 saturated carbocycles. The van der Waals surface area contributed by atoms with Crippen molar-refractivity contribution in [3.63, 3.8) is 0 Å². The minimum absolute atomic E-state index is 0.0890. The quantitative estimate of drug-likeness (QED) is 0.779. The van der Waals surface area contributed by atoms with Crippen LogP contribution in [0.3, 0.4) is 0 Å². The molecule has 2 heteroatoms. The summed E-state index contributed by atoms with van der Waals surface area (Å²) in [6.45, 7) is 4.38. The van der Waals surface area contributed by atoms with Crippen LogP contribution in [-0.4, -0.2) is 19.3 Å². The fraction of sp³-hybridized carbons (Fsp3) is 0.571. The van der Waals surface area contributed by atoms with Gasteiger partial charge in [-0.3, -0.25) is 0 Å². The van der Waals surface area contributed by atoms with Crippen LogP contribution < -0.4 is 0 Å². The van der Waals surface area contributed by atoms with E-state index in [1.807, 2.05) is 6.07 Å². The number of ether oxygens (including phenoxy) is 2. The summed E-state index contributed by atoms with van der Waals surface area (Å²) < 4.78 is 11.7. The zero-order valence-electron chi connectivity index (χ0n) is 10.2. The Bertz CT molecular complexity index is 323. The summed E-state index contributed by atoms with van der Waals surface area (Å²) in [6.07, 6.45) is 1.62. The molecule has 0 spiro atoms. The molecule has 2 rings (SSSR count). The zero-order valence-corrected chi connectivity index (χ0v) is 10.2. The summed E-state index contributed by atoms with van der Waals surface area (Å²) in [5, 5.41) is 0. The Balaban J connectivity index is 2.22. The lowest BCUT2D eigenvalue weighted by atomic mass is 9.94. The van der Waals surface area contributed by atoms with Crippen LogP contribution in [0, 0.1) is 5.92 Å². The van der Waals surface area contributed by atoms with Gasteiger partial charge < -0.3 is 9.47 Å². The van der Waals surface area contributed by atoms with Gasteiger partial charge in [0.15, 0.2) is 0 Å². The van der Waals surface area contributed by atoms with Crippen molar-refractivity contribution in [2.45, 2.75) is 38.6 Å². The van der Waals surface area contributed by atoms with Crippen LogP contribution >= 0.6 is 0 Å². The molecule has 0 radical (unpaired) electrons. The number of methoxy groups -OCH3 is 1. The van der Waals surface area contributed by atoms with Gasteiger partial charge in [-0.05, 0) is 12.0 Å². The molecule has 4 atom stereocenters. The molecule has 1 fully saturated rings. The standard InChI is InChI=1S/C14H20O2/c1-4-12-10(2)13(15-3)14(16-12)11-8-6-5-7-9-11/h5-10,12-14H,4H2,1-3H3/t10-,12-,13-,14+/m1/s1. The van der Waals surface area contributed by atoms with Crippen LogP contribution in [0.1, 0.15) is 31.9 Å². The van der Waals surface area contributed by atoms with Crippen LogP contribution in [0.15, 0.2) is 30.3 Å². The molecule has 0 amide bonds. The topological polar surface area (TPSA) is 18.5 Å². The first kappa shape index (κ1) is 11.6. The number of benzene rings is 1. The van der Waals surface area contributed by atoms with Gasteiger partial charge in [0.25, 0.3) is 0 Å². The molecular formula is C14H20O2. The van der Waals surface area contributed by atoms with E-state index in [1.165, 1.54) is 5.56 Å². The SMILES string of the molecule is CC[C@H]1O[C@@H](c2ccccc2)[C@H](OC)[C@@H]1C. The molecule has 16 heavy (non-hydrogen) atoms. The highest BCUT2D eigenvalue weighted by Gasteiger charge is 2.41. The molecule has 0 bridgehead atoms. The summed E-state index contributed by atoms with van der Waals surface area (Å²) in [5.74, 6) is 0.459. The molecule has 2 nitrogen and oxygen atoms in total. The lowest BCUT2D eigenvalue weighted by Gasteiger charge is -2.19. The van der Waals surface area contributed by atoms with Crippen LogP contribution in [0.4, 0.5) is 0 Å². The average molecular weight is 220 g/mol. The number of hydrogen-bond donors (Lipinski definition) is 0. The van der Waals surface area contributed by atoms with E-state index in [2.05, 4.69) is 38.1 Å². The van der Waals surface area contributed by atoms with Gasteiger partial charge in [0.05, 0.1) is 12.2 Å². The van der Waals surface area contributed by atoms with Gasteiger partial charge in [0.1, 0.15) is 6.10 Å². The Morgan fingerprint density at radius 2 is 1.94 bits per heavy atom. The molecule has 1 aromatic carbocycles. The summed E-state index contributed by atoms with van der Waals surface area (Å²) in [7, 11) is 1.78. The first-order valence-corrected chi connectivity index (χ1v) is 6.01. The molecule has 1 saturated heterocycles. The Kier molecular flexibility index (Phi) is 3.62. The Morgan fingerprint density at radius 3 is 2.50 bits per heavy atom. The third kappa shape index (κ3) is 2.00. The van der Waals surface area contributed by atoms with Gasteiger partial charge in [-0.15, -0.1) is 0 Å². The van der Waals surface area contributed by atoms with Crippen molar-refractivity contribution in [2.75, 3.05) is 7.11 Å². The monoisotopic (exact) mass is 220 g/mol. The number of rotatable bonds is 3. The van der Waals surface area contributed by atoms with Crippen LogP contribution in [0.25, 0.3) is 0 Å². The van der Waals surface area contributed by atoms with Gasteiger partial charge in [-0.2, -0.15) is 0 Å². The third-order valence-electron chi connectivity index (χ3n) is 3.53. The molecule has 1 aliphatic rings. The minimum Gasteiger partial charge on any atom is -0.378 e. The molecule has 0 aliphatic carbocycles. The van der Waals surface area contributed by atoms with Gasteiger partial charge in [0, 0.05) is 13.0 Å². The van der Waals surface area contributed by atoms with Crippen molar-refractivity contribution < 1.29 is 9.47 Å². The summed E-state index contributed by atoms with van der Waals surface area (Å²) in [5.41, 5.74) is 1.22. The van der Waals surface area contributed by atoms with E-state index >= 15 is 0 Å². The van der Waals surface area contributed by atoms with Crippen molar-refractivity contribution in [2.24, 2.45) is 5.92 Å². The van der Waals surface area contributed by atoms with Gasteiger partial charge in [-0.25, -0.2) is 0 Å². The van der Waals surface area contributed by atoms with Crippen molar-refractivity contribution in [3.05, 3.63) is 35.9 Å². The molecule has 0 N–H and O–H groups in total. The van der Waals surface area contributed by atoms with Crippen LogP contribution in [-0.2, 0) is 9.47 Å².